The van der Waals surface area contributed by atoms with E-state index in [1.807, 2.05) is 12.1 Å². The largest absolute Gasteiger partial charge is 0.493 e. The smallest absolute Gasteiger partial charge is 0.203 e. The van der Waals surface area contributed by atoms with Crippen LogP contribution < -0.4 is 19.5 Å². The molecule has 0 unspecified atom stereocenters. The van der Waals surface area contributed by atoms with Gasteiger partial charge in [0.2, 0.25) is 5.75 Å². The fourth-order valence-electron chi connectivity index (χ4n) is 4.52. The summed E-state index contributed by atoms with van der Waals surface area (Å²) >= 11 is 0. The molecule has 2 saturated carbocycles. The first kappa shape index (κ1) is 18.9. The van der Waals surface area contributed by atoms with E-state index in [0.29, 0.717) is 28.9 Å². The van der Waals surface area contributed by atoms with Gasteiger partial charge in [-0.15, -0.1) is 0 Å². The second-order valence-electron chi connectivity index (χ2n) is 7.46. The third-order valence-corrected chi connectivity index (χ3v) is 5.92. The molecule has 5 nitrogen and oxygen atoms in total. The van der Waals surface area contributed by atoms with Gasteiger partial charge in [-0.05, 0) is 31.6 Å². The maximum Gasteiger partial charge on any atom is 0.203 e. The van der Waals surface area contributed by atoms with Crippen LogP contribution in [0.3, 0.4) is 0 Å². The summed E-state index contributed by atoms with van der Waals surface area (Å²) in [6, 6.07) is 3.67. The van der Waals surface area contributed by atoms with Gasteiger partial charge >= 0.3 is 0 Å². The van der Waals surface area contributed by atoms with Crippen LogP contribution in [0.15, 0.2) is 12.1 Å². The number of rotatable bonds is 8. The van der Waals surface area contributed by atoms with Gasteiger partial charge in [-0.3, -0.25) is 4.79 Å². The van der Waals surface area contributed by atoms with Crippen LogP contribution in [0.25, 0.3) is 0 Å². The molecular formula is C21H31NO4. The van der Waals surface area contributed by atoms with Crippen LogP contribution in [-0.4, -0.2) is 33.2 Å². The van der Waals surface area contributed by atoms with Gasteiger partial charge in [0.15, 0.2) is 17.3 Å². The summed E-state index contributed by atoms with van der Waals surface area (Å²) in [4.78, 5) is 13.2. The number of methoxy groups -OCH3 is 3. The Morgan fingerprint density at radius 1 is 0.923 bits per heavy atom. The monoisotopic (exact) mass is 361 g/mol. The Bertz CT molecular complexity index is 593. The molecule has 0 saturated heterocycles. The van der Waals surface area contributed by atoms with E-state index in [-0.39, 0.29) is 12.0 Å². The van der Waals surface area contributed by atoms with Crippen molar-refractivity contribution in [3.05, 3.63) is 12.1 Å². The van der Waals surface area contributed by atoms with Crippen molar-refractivity contribution in [2.24, 2.45) is 11.8 Å². The highest BCUT2D eigenvalue weighted by Crippen LogP contribution is 2.41. The molecule has 1 N–H and O–H groups in total. The minimum absolute atomic E-state index is 0.122. The number of benzene rings is 1. The van der Waals surface area contributed by atoms with Crippen molar-refractivity contribution in [2.75, 3.05) is 26.6 Å². The normalized spacial score (nSPS) is 19.3. The van der Waals surface area contributed by atoms with E-state index in [9.17, 15) is 4.79 Å². The summed E-state index contributed by atoms with van der Waals surface area (Å²) in [5.74, 6) is 2.81. The Morgan fingerprint density at radius 3 is 1.96 bits per heavy atom. The second kappa shape index (κ2) is 8.65. The summed E-state index contributed by atoms with van der Waals surface area (Å²) in [7, 11) is 4.82. The quantitative estimate of drug-likeness (QED) is 0.742. The summed E-state index contributed by atoms with van der Waals surface area (Å²) < 4.78 is 16.3. The van der Waals surface area contributed by atoms with E-state index in [4.69, 9.17) is 14.2 Å². The van der Waals surface area contributed by atoms with Crippen molar-refractivity contribution in [1.82, 2.24) is 0 Å². The molecule has 1 atom stereocenters. The predicted octanol–water partition coefficient (Wildman–Crippen LogP) is 4.44. The van der Waals surface area contributed by atoms with Gasteiger partial charge in [-0.1, -0.05) is 25.7 Å². The number of ether oxygens (including phenoxy) is 3. The molecule has 144 valence electrons. The van der Waals surface area contributed by atoms with Gasteiger partial charge < -0.3 is 19.5 Å². The number of ketones is 1. The van der Waals surface area contributed by atoms with E-state index in [2.05, 4.69) is 5.32 Å². The first-order valence-electron chi connectivity index (χ1n) is 9.78. The number of carbonyl (C=O) groups is 1. The average Bonchev–Trinajstić information content (AvgIpc) is 3.38. The van der Waals surface area contributed by atoms with Gasteiger partial charge in [0.05, 0.1) is 27.4 Å². The molecule has 0 radical (unpaired) electrons. The molecule has 2 aliphatic rings. The maximum absolute atomic E-state index is 13.2. The van der Waals surface area contributed by atoms with Gasteiger partial charge in [-0.25, -0.2) is 0 Å². The zero-order valence-electron chi connectivity index (χ0n) is 16.2. The van der Waals surface area contributed by atoms with Crippen molar-refractivity contribution in [3.63, 3.8) is 0 Å². The molecule has 1 aromatic carbocycles. The predicted molar refractivity (Wildman–Crippen MR) is 102 cm³/mol. The number of Topliss-reactive ketones (excluding diaryl/α,β-unsaturated/α-hetero) is 1. The Balaban J connectivity index is 1.87. The highest BCUT2D eigenvalue weighted by Gasteiger charge is 2.35. The molecule has 0 bridgehead atoms. The molecule has 0 amide bonds. The van der Waals surface area contributed by atoms with Crippen molar-refractivity contribution >= 4 is 11.5 Å². The fourth-order valence-corrected chi connectivity index (χ4v) is 4.52. The van der Waals surface area contributed by atoms with E-state index < -0.39 is 0 Å². The minimum atomic E-state index is -0.122. The molecule has 3 rings (SSSR count). The number of nitrogens with one attached hydrogen (secondary N) is 1. The lowest BCUT2D eigenvalue weighted by molar-refractivity contribution is -0.124. The standard InChI is InChI=1S/C21H31NO4/c1-24-17-12-16(13-18(25-2)21(17)26-3)22-19(14-8-4-5-9-14)20(23)15-10-6-7-11-15/h12-15,19,22H,4-11H2,1-3H3/t19-/m1/s1. The van der Waals surface area contributed by atoms with Crippen molar-refractivity contribution < 1.29 is 19.0 Å². The molecule has 26 heavy (non-hydrogen) atoms. The lowest BCUT2D eigenvalue weighted by Gasteiger charge is -2.27. The first-order chi connectivity index (χ1) is 12.7. The van der Waals surface area contributed by atoms with Crippen molar-refractivity contribution in [2.45, 2.75) is 57.4 Å². The topological polar surface area (TPSA) is 56.8 Å². The van der Waals surface area contributed by atoms with Gasteiger partial charge in [0.1, 0.15) is 0 Å². The van der Waals surface area contributed by atoms with Crippen LogP contribution in [0.4, 0.5) is 5.69 Å². The van der Waals surface area contributed by atoms with Crippen LogP contribution in [0.2, 0.25) is 0 Å². The lowest BCUT2D eigenvalue weighted by atomic mass is 9.87. The molecule has 1 aromatic rings. The molecule has 5 heteroatoms. The lowest BCUT2D eigenvalue weighted by Crippen LogP contribution is -2.39. The summed E-state index contributed by atoms with van der Waals surface area (Å²) in [5, 5.41) is 3.53. The number of hydrogen-bond acceptors (Lipinski definition) is 5. The second-order valence-corrected chi connectivity index (χ2v) is 7.46. The zero-order valence-corrected chi connectivity index (χ0v) is 16.2. The highest BCUT2D eigenvalue weighted by atomic mass is 16.5. The SMILES string of the molecule is COc1cc(N[C@@H](C(=O)C2CCCC2)C2CCCC2)cc(OC)c1OC. The highest BCUT2D eigenvalue weighted by molar-refractivity contribution is 5.89. The van der Waals surface area contributed by atoms with E-state index in [1.165, 1.54) is 25.7 Å². The van der Waals surface area contributed by atoms with Crippen LogP contribution in [0, 0.1) is 11.8 Å². The van der Waals surface area contributed by atoms with Gasteiger partial charge in [-0.2, -0.15) is 0 Å². The molecular weight excluding hydrogens is 330 g/mol. The fraction of sp³-hybridized carbons (Fsp3) is 0.667. The Hall–Kier alpha value is -1.91. The molecule has 0 aromatic heterocycles. The maximum atomic E-state index is 13.2. The van der Waals surface area contributed by atoms with E-state index in [0.717, 1.165) is 31.4 Å². The molecule has 2 fully saturated rings. The van der Waals surface area contributed by atoms with Gasteiger partial charge in [0, 0.05) is 23.7 Å². The molecule has 0 heterocycles. The van der Waals surface area contributed by atoms with Crippen LogP contribution in [0.5, 0.6) is 17.2 Å². The third-order valence-electron chi connectivity index (χ3n) is 5.92. The average molecular weight is 361 g/mol. The van der Waals surface area contributed by atoms with E-state index in [1.54, 1.807) is 21.3 Å². The van der Waals surface area contributed by atoms with Crippen molar-refractivity contribution in [3.8, 4) is 17.2 Å². The minimum Gasteiger partial charge on any atom is -0.493 e. The Morgan fingerprint density at radius 2 is 1.46 bits per heavy atom. The van der Waals surface area contributed by atoms with Gasteiger partial charge in [0.25, 0.3) is 0 Å². The van der Waals surface area contributed by atoms with Crippen LogP contribution >= 0.6 is 0 Å². The molecule has 2 aliphatic carbocycles. The molecule has 0 spiro atoms. The van der Waals surface area contributed by atoms with Crippen molar-refractivity contribution in [1.29, 1.82) is 0 Å². The summed E-state index contributed by atoms with van der Waals surface area (Å²) in [6.07, 6.45) is 9.13. The van der Waals surface area contributed by atoms with E-state index >= 15 is 0 Å². The molecule has 0 aliphatic heterocycles. The Kier molecular flexibility index (Phi) is 6.28. The summed E-state index contributed by atoms with van der Waals surface area (Å²) in [6.45, 7) is 0. The Labute approximate surface area is 156 Å². The first-order valence-corrected chi connectivity index (χ1v) is 9.78. The number of carbonyl (C=O) groups excluding carboxylic acids is 1. The third kappa shape index (κ3) is 3.92. The number of hydrogen-bond donors (Lipinski definition) is 1. The van der Waals surface area contributed by atoms with Crippen LogP contribution in [-0.2, 0) is 4.79 Å². The van der Waals surface area contributed by atoms with Crippen LogP contribution in [0.1, 0.15) is 51.4 Å². The zero-order chi connectivity index (χ0) is 18.5. The number of anilines is 1. The summed E-state index contributed by atoms with van der Waals surface area (Å²) in [5.41, 5.74) is 0.850.